The molecule has 0 bridgehead atoms. The first kappa shape index (κ1) is 17.9. The molecule has 0 spiro atoms. The van der Waals surface area contributed by atoms with Crippen LogP contribution in [0.25, 0.3) is 16.8 Å². The van der Waals surface area contributed by atoms with Crippen molar-refractivity contribution in [2.24, 2.45) is 0 Å². The van der Waals surface area contributed by atoms with E-state index in [9.17, 15) is 0 Å². The molecule has 7 heteroatoms. The molecule has 0 fully saturated rings. The summed E-state index contributed by atoms with van der Waals surface area (Å²) in [5.74, 6) is 0.561. The molecule has 1 aliphatic heterocycles. The Hall–Kier alpha value is -3.15. The zero-order chi connectivity index (χ0) is 19.8. The molecule has 0 amide bonds. The van der Waals surface area contributed by atoms with Gasteiger partial charge in [0.1, 0.15) is 6.04 Å². The van der Waals surface area contributed by atoms with Crippen LogP contribution in [0.3, 0.4) is 0 Å². The van der Waals surface area contributed by atoms with Gasteiger partial charge >= 0.3 is 0 Å². The van der Waals surface area contributed by atoms with E-state index in [4.69, 9.17) is 23.2 Å². The van der Waals surface area contributed by atoms with Crippen molar-refractivity contribution < 1.29 is 0 Å². The minimum Gasteiger partial charge on any atom is -0.323 e. The standard InChI is InChI=1S/C22H15Cl2N5/c23-17-10-11-18(19(24)12-17)21-13-20(25-22-26-27-28-29(21)22)16-8-6-15(7-9-16)14-4-2-1-3-5-14/h1-13,21H,(H,25,26,28). The number of rotatable bonds is 3. The van der Waals surface area contributed by atoms with E-state index >= 15 is 0 Å². The molecule has 29 heavy (non-hydrogen) atoms. The summed E-state index contributed by atoms with van der Waals surface area (Å²) >= 11 is 12.5. The summed E-state index contributed by atoms with van der Waals surface area (Å²) in [5.41, 5.74) is 5.17. The summed E-state index contributed by atoms with van der Waals surface area (Å²) in [5, 5.41) is 16.5. The number of hydrogen-bond donors (Lipinski definition) is 1. The van der Waals surface area contributed by atoms with E-state index in [2.05, 4.69) is 63.3 Å². The van der Waals surface area contributed by atoms with Crippen molar-refractivity contribution in [3.8, 4) is 11.1 Å². The molecule has 142 valence electrons. The number of nitrogens with zero attached hydrogens (tertiary/aromatic N) is 4. The Balaban J connectivity index is 1.54. The quantitative estimate of drug-likeness (QED) is 0.462. The molecule has 3 aromatic carbocycles. The number of fused-ring (bicyclic) bond motifs is 1. The van der Waals surface area contributed by atoms with Crippen LogP contribution in [0.4, 0.5) is 5.95 Å². The minimum atomic E-state index is -0.241. The van der Waals surface area contributed by atoms with Crippen LogP contribution in [0.5, 0.6) is 0 Å². The largest absolute Gasteiger partial charge is 0.323 e. The van der Waals surface area contributed by atoms with E-state index in [1.807, 2.05) is 30.3 Å². The lowest BCUT2D eigenvalue weighted by molar-refractivity contribution is 0.586. The van der Waals surface area contributed by atoms with Crippen LogP contribution >= 0.6 is 23.2 Å². The summed E-state index contributed by atoms with van der Waals surface area (Å²) in [6.07, 6.45) is 2.07. The highest BCUT2D eigenvalue weighted by Crippen LogP contribution is 2.36. The highest BCUT2D eigenvalue weighted by molar-refractivity contribution is 6.35. The Morgan fingerprint density at radius 3 is 2.31 bits per heavy atom. The van der Waals surface area contributed by atoms with Gasteiger partial charge < -0.3 is 5.32 Å². The zero-order valence-corrected chi connectivity index (χ0v) is 16.6. The van der Waals surface area contributed by atoms with E-state index < -0.39 is 0 Å². The summed E-state index contributed by atoms with van der Waals surface area (Å²) in [4.78, 5) is 0. The molecule has 0 radical (unpaired) electrons. The van der Waals surface area contributed by atoms with Gasteiger partial charge in [0.15, 0.2) is 0 Å². The van der Waals surface area contributed by atoms with Crippen LogP contribution in [0.15, 0.2) is 78.9 Å². The minimum absolute atomic E-state index is 0.241. The number of anilines is 1. The van der Waals surface area contributed by atoms with Gasteiger partial charge in [0.05, 0.1) is 0 Å². The number of hydrogen-bond acceptors (Lipinski definition) is 4. The SMILES string of the molecule is Clc1ccc(C2C=C(c3ccc(-c4ccccc4)cc3)Nc3nnnn32)c(Cl)c1. The molecule has 1 atom stereocenters. The van der Waals surface area contributed by atoms with Crippen molar-refractivity contribution >= 4 is 34.8 Å². The lowest BCUT2D eigenvalue weighted by Gasteiger charge is -2.24. The average Bonchev–Trinajstić information content (AvgIpc) is 3.23. The third-order valence-electron chi connectivity index (χ3n) is 4.91. The van der Waals surface area contributed by atoms with Crippen LogP contribution in [-0.2, 0) is 0 Å². The molecule has 0 aliphatic carbocycles. The number of nitrogens with one attached hydrogen (secondary N) is 1. The maximum Gasteiger partial charge on any atom is 0.248 e. The second-order valence-electron chi connectivity index (χ2n) is 6.71. The molecule has 1 unspecified atom stereocenters. The van der Waals surface area contributed by atoms with Gasteiger partial charge in [0, 0.05) is 15.7 Å². The van der Waals surface area contributed by atoms with Crippen molar-refractivity contribution in [2.45, 2.75) is 6.04 Å². The second-order valence-corrected chi connectivity index (χ2v) is 7.55. The third kappa shape index (κ3) is 3.39. The van der Waals surface area contributed by atoms with Gasteiger partial charge in [-0.2, -0.15) is 4.68 Å². The van der Waals surface area contributed by atoms with Crippen LogP contribution < -0.4 is 5.32 Å². The topological polar surface area (TPSA) is 55.6 Å². The van der Waals surface area contributed by atoms with E-state index in [1.165, 1.54) is 5.56 Å². The molecule has 1 N–H and O–H groups in total. The van der Waals surface area contributed by atoms with E-state index in [0.29, 0.717) is 16.0 Å². The molecule has 0 saturated heterocycles. The average molecular weight is 420 g/mol. The Labute approximate surface area is 177 Å². The monoisotopic (exact) mass is 419 g/mol. The number of halogens is 2. The van der Waals surface area contributed by atoms with Gasteiger partial charge in [-0.3, -0.25) is 0 Å². The van der Waals surface area contributed by atoms with Gasteiger partial charge in [-0.25, -0.2) is 0 Å². The maximum atomic E-state index is 6.46. The highest BCUT2D eigenvalue weighted by Gasteiger charge is 2.26. The van der Waals surface area contributed by atoms with Gasteiger partial charge in [-0.15, -0.1) is 0 Å². The molecule has 4 aromatic rings. The van der Waals surface area contributed by atoms with Crippen molar-refractivity contribution in [2.75, 3.05) is 5.32 Å². The molecule has 1 aliphatic rings. The van der Waals surface area contributed by atoms with Crippen molar-refractivity contribution in [3.63, 3.8) is 0 Å². The number of aromatic nitrogens is 4. The van der Waals surface area contributed by atoms with Crippen LogP contribution in [0.1, 0.15) is 17.2 Å². The second kappa shape index (κ2) is 7.35. The highest BCUT2D eigenvalue weighted by atomic mass is 35.5. The van der Waals surface area contributed by atoms with Gasteiger partial charge in [0.25, 0.3) is 0 Å². The first-order chi connectivity index (χ1) is 14.2. The number of allylic oxidation sites excluding steroid dienone is 1. The first-order valence-electron chi connectivity index (χ1n) is 9.06. The smallest absolute Gasteiger partial charge is 0.248 e. The molecular formula is C22H15Cl2N5. The lowest BCUT2D eigenvalue weighted by Crippen LogP contribution is -2.20. The van der Waals surface area contributed by atoms with Gasteiger partial charge in [-0.1, -0.05) is 89.0 Å². The lowest BCUT2D eigenvalue weighted by atomic mass is 9.99. The molecule has 2 heterocycles. The molecular weight excluding hydrogens is 405 g/mol. The fourth-order valence-corrected chi connectivity index (χ4v) is 3.98. The summed E-state index contributed by atoms with van der Waals surface area (Å²) in [6, 6.07) is 23.9. The Kier molecular flexibility index (Phi) is 4.54. The van der Waals surface area contributed by atoms with Crippen LogP contribution in [0, 0.1) is 0 Å². The number of benzene rings is 3. The fraction of sp³-hybridized carbons (Fsp3) is 0.0455. The van der Waals surface area contributed by atoms with Gasteiger partial charge in [0.2, 0.25) is 5.95 Å². The molecule has 1 aromatic heterocycles. The first-order valence-corrected chi connectivity index (χ1v) is 9.82. The summed E-state index contributed by atoms with van der Waals surface area (Å²) in [6.45, 7) is 0. The summed E-state index contributed by atoms with van der Waals surface area (Å²) in [7, 11) is 0. The van der Waals surface area contributed by atoms with Crippen LogP contribution in [0.2, 0.25) is 10.0 Å². The molecule has 0 saturated carbocycles. The van der Waals surface area contributed by atoms with Gasteiger partial charge in [-0.05, 0) is 50.9 Å². The molecule has 5 rings (SSSR count). The zero-order valence-electron chi connectivity index (χ0n) is 15.1. The van der Waals surface area contributed by atoms with E-state index in [1.54, 1.807) is 10.7 Å². The Morgan fingerprint density at radius 1 is 0.828 bits per heavy atom. The molecule has 5 nitrogen and oxygen atoms in total. The fourth-order valence-electron chi connectivity index (χ4n) is 3.46. The number of tetrazole rings is 1. The van der Waals surface area contributed by atoms with Crippen molar-refractivity contribution in [1.82, 2.24) is 20.2 Å². The summed E-state index contributed by atoms with van der Waals surface area (Å²) < 4.78 is 1.71. The van der Waals surface area contributed by atoms with E-state index in [0.717, 1.165) is 22.4 Å². The third-order valence-corrected chi connectivity index (χ3v) is 5.47. The predicted octanol–water partition coefficient (Wildman–Crippen LogP) is 5.70. The van der Waals surface area contributed by atoms with Crippen molar-refractivity contribution in [3.05, 3.63) is 100 Å². The van der Waals surface area contributed by atoms with Crippen molar-refractivity contribution in [1.29, 1.82) is 0 Å². The van der Waals surface area contributed by atoms with Crippen LogP contribution in [-0.4, -0.2) is 20.2 Å². The Morgan fingerprint density at radius 2 is 1.55 bits per heavy atom. The normalized spacial score (nSPS) is 15.4. The van der Waals surface area contributed by atoms with E-state index in [-0.39, 0.29) is 6.04 Å². The predicted molar refractivity (Wildman–Crippen MR) is 116 cm³/mol. The maximum absolute atomic E-state index is 6.46. The Bertz CT molecular complexity index is 1200.